The fraction of sp³-hybridized carbons (Fsp3) is 0.542. The van der Waals surface area contributed by atoms with E-state index in [1.54, 1.807) is 0 Å². The van der Waals surface area contributed by atoms with Crippen LogP contribution in [0.1, 0.15) is 44.9 Å². The molecule has 1 aromatic carbocycles. The summed E-state index contributed by atoms with van der Waals surface area (Å²) < 4.78 is 0. The molecule has 1 aromatic heterocycles. The van der Waals surface area contributed by atoms with E-state index in [0.29, 0.717) is 0 Å². The maximum atomic E-state index is 13.4. The predicted molar refractivity (Wildman–Crippen MR) is 118 cm³/mol. The number of nitrogens with one attached hydrogen (secondary N) is 1. The molecule has 1 atom stereocenters. The Balaban J connectivity index is 1.26. The Labute approximate surface area is 178 Å². The number of anilines is 1. The van der Waals surface area contributed by atoms with Crippen LogP contribution in [0, 0.1) is 0 Å². The molecule has 5 rings (SSSR count). The van der Waals surface area contributed by atoms with E-state index in [0.717, 1.165) is 62.6 Å². The lowest BCUT2D eigenvalue weighted by atomic mass is 9.93. The van der Waals surface area contributed by atoms with Crippen molar-refractivity contribution in [3.63, 3.8) is 0 Å². The van der Waals surface area contributed by atoms with Crippen LogP contribution < -0.4 is 10.2 Å². The molecular formula is C24H31N5O. The number of rotatable bonds is 5. The fourth-order valence-corrected chi connectivity index (χ4v) is 5.44. The van der Waals surface area contributed by atoms with Crippen LogP contribution in [0.3, 0.4) is 0 Å². The maximum Gasteiger partial charge on any atom is 0.240 e. The first-order chi connectivity index (χ1) is 14.7. The first kappa shape index (κ1) is 19.5. The highest BCUT2D eigenvalue weighted by molar-refractivity contribution is 5.87. The Kier molecular flexibility index (Phi) is 5.42. The summed E-state index contributed by atoms with van der Waals surface area (Å²) in [4.78, 5) is 27.4. The van der Waals surface area contributed by atoms with Gasteiger partial charge in [-0.1, -0.05) is 43.2 Å². The van der Waals surface area contributed by atoms with Gasteiger partial charge in [0.2, 0.25) is 11.9 Å². The maximum absolute atomic E-state index is 13.4. The highest BCUT2D eigenvalue weighted by Crippen LogP contribution is 2.38. The molecule has 2 aromatic rings. The molecule has 2 saturated heterocycles. The lowest BCUT2D eigenvalue weighted by Gasteiger charge is -2.38. The minimum absolute atomic E-state index is 0.168. The van der Waals surface area contributed by atoms with Gasteiger partial charge in [-0.2, -0.15) is 0 Å². The normalized spacial score (nSPS) is 23.7. The Bertz CT molecular complexity index is 874. The molecule has 2 aliphatic heterocycles. The summed E-state index contributed by atoms with van der Waals surface area (Å²) in [6.07, 6.45) is 9.58. The molecule has 3 heterocycles. The van der Waals surface area contributed by atoms with Gasteiger partial charge in [0.1, 0.15) is 5.54 Å². The zero-order valence-corrected chi connectivity index (χ0v) is 17.6. The van der Waals surface area contributed by atoms with Crippen LogP contribution in [0.15, 0.2) is 42.6 Å². The van der Waals surface area contributed by atoms with Gasteiger partial charge in [-0.15, -0.1) is 0 Å². The molecule has 30 heavy (non-hydrogen) atoms. The van der Waals surface area contributed by atoms with Gasteiger partial charge in [-0.25, -0.2) is 9.97 Å². The fourth-order valence-electron chi connectivity index (χ4n) is 5.44. The van der Waals surface area contributed by atoms with E-state index in [4.69, 9.17) is 4.98 Å². The highest BCUT2D eigenvalue weighted by Gasteiger charge is 2.47. The Morgan fingerprint density at radius 3 is 2.53 bits per heavy atom. The van der Waals surface area contributed by atoms with Crippen LogP contribution in [0.5, 0.6) is 0 Å². The van der Waals surface area contributed by atoms with Crippen LogP contribution in [-0.2, 0) is 4.79 Å². The van der Waals surface area contributed by atoms with Gasteiger partial charge < -0.3 is 10.2 Å². The van der Waals surface area contributed by atoms with E-state index in [2.05, 4.69) is 32.2 Å². The minimum atomic E-state index is -0.256. The van der Waals surface area contributed by atoms with Crippen molar-refractivity contribution in [2.45, 2.75) is 56.5 Å². The number of nitrogens with zero attached hydrogens (tertiary/aromatic N) is 4. The number of likely N-dealkylation sites (tertiary alicyclic amines) is 1. The SMILES string of the molecule is O=C(NC1CCN(c2nccc(-c3ccccc3)n2)C1)C1(N2CCCC2)CCCC1. The molecule has 3 fully saturated rings. The van der Waals surface area contributed by atoms with Gasteiger partial charge in [0.05, 0.1) is 5.69 Å². The first-order valence-corrected chi connectivity index (χ1v) is 11.4. The zero-order valence-electron chi connectivity index (χ0n) is 17.6. The van der Waals surface area contributed by atoms with Crippen molar-refractivity contribution < 1.29 is 4.79 Å². The van der Waals surface area contributed by atoms with E-state index in [1.165, 1.54) is 25.7 Å². The summed E-state index contributed by atoms with van der Waals surface area (Å²) in [6.45, 7) is 3.80. The van der Waals surface area contributed by atoms with Crippen molar-refractivity contribution in [2.75, 3.05) is 31.1 Å². The van der Waals surface area contributed by atoms with Crippen molar-refractivity contribution in [1.82, 2.24) is 20.2 Å². The van der Waals surface area contributed by atoms with Gasteiger partial charge in [-0.3, -0.25) is 9.69 Å². The van der Waals surface area contributed by atoms with Gasteiger partial charge in [0.15, 0.2) is 0 Å². The number of carbonyl (C=O) groups excluding carboxylic acids is 1. The second-order valence-corrected chi connectivity index (χ2v) is 8.95. The van der Waals surface area contributed by atoms with Crippen LogP contribution in [0.4, 0.5) is 5.95 Å². The Hall–Kier alpha value is -2.47. The van der Waals surface area contributed by atoms with E-state index in [9.17, 15) is 4.79 Å². The number of hydrogen-bond donors (Lipinski definition) is 1. The molecule has 1 unspecified atom stereocenters. The molecule has 1 saturated carbocycles. The van der Waals surface area contributed by atoms with Crippen molar-refractivity contribution in [1.29, 1.82) is 0 Å². The van der Waals surface area contributed by atoms with Crippen LogP contribution >= 0.6 is 0 Å². The molecule has 1 amide bonds. The summed E-state index contributed by atoms with van der Waals surface area (Å²) in [5, 5.41) is 3.41. The second kappa shape index (κ2) is 8.34. The third-order valence-electron chi connectivity index (χ3n) is 7.08. The molecule has 1 aliphatic carbocycles. The molecule has 0 bridgehead atoms. The molecular weight excluding hydrogens is 374 g/mol. The quantitative estimate of drug-likeness (QED) is 0.827. The topological polar surface area (TPSA) is 61.4 Å². The van der Waals surface area contributed by atoms with E-state index >= 15 is 0 Å². The lowest BCUT2D eigenvalue weighted by Crippen LogP contribution is -2.58. The summed E-state index contributed by atoms with van der Waals surface area (Å²) in [7, 11) is 0. The summed E-state index contributed by atoms with van der Waals surface area (Å²) in [6, 6.07) is 12.3. The van der Waals surface area contributed by atoms with E-state index < -0.39 is 0 Å². The smallest absolute Gasteiger partial charge is 0.240 e. The van der Waals surface area contributed by atoms with Crippen LogP contribution in [-0.4, -0.2) is 58.5 Å². The molecule has 0 radical (unpaired) electrons. The molecule has 158 valence electrons. The Morgan fingerprint density at radius 2 is 1.77 bits per heavy atom. The van der Waals surface area contributed by atoms with Crippen LogP contribution in [0.2, 0.25) is 0 Å². The molecule has 1 N–H and O–H groups in total. The average Bonchev–Trinajstić information content (AvgIpc) is 3.56. The molecule has 0 spiro atoms. The molecule has 6 nitrogen and oxygen atoms in total. The third-order valence-corrected chi connectivity index (χ3v) is 7.08. The molecule has 6 heteroatoms. The van der Waals surface area contributed by atoms with E-state index in [-0.39, 0.29) is 17.5 Å². The van der Waals surface area contributed by atoms with Crippen molar-refractivity contribution in [3.8, 4) is 11.3 Å². The third kappa shape index (κ3) is 3.69. The van der Waals surface area contributed by atoms with Crippen molar-refractivity contribution in [3.05, 3.63) is 42.6 Å². The number of amides is 1. The summed E-state index contributed by atoms with van der Waals surface area (Å²) in [5.41, 5.74) is 1.78. The Morgan fingerprint density at radius 1 is 1.00 bits per heavy atom. The predicted octanol–water partition coefficient (Wildman–Crippen LogP) is 3.25. The second-order valence-electron chi connectivity index (χ2n) is 8.95. The monoisotopic (exact) mass is 405 g/mol. The largest absolute Gasteiger partial charge is 0.350 e. The van der Waals surface area contributed by atoms with Gasteiger partial charge in [0.25, 0.3) is 0 Å². The van der Waals surface area contributed by atoms with Gasteiger partial charge >= 0.3 is 0 Å². The zero-order chi connectivity index (χ0) is 20.4. The lowest BCUT2D eigenvalue weighted by molar-refractivity contribution is -0.133. The summed E-state index contributed by atoms with van der Waals surface area (Å²) in [5.74, 6) is 1.01. The summed E-state index contributed by atoms with van der Waals surface area (Å²) >= 11 is 0. The number of benzene rings is 1. The highest BCUT2D eigenvalue weighted by atomic mass is 16.2. The van der Waals surface area contributed by atoms with Crippen LogP contribution in [0.25, 0.3) is 11.3 Å². The van der Waals surface area contributed by atoms with Gasteiger partial charge in [-0.05, 0) is 51.3 Å². The number of hydrogen-bond acceptors (Lipinski definition) is 5. The van der Waals surface area contributed by atoms with Gasteiger partial charge in [0, 0.05) is 30.9 Å². The first-order valence-electron chi connectivity index (χ1n) is 11.4. The van der Waals surface area contributed by atoms with E-state index in [1.807, 2.05) is 30.5 Å². The van der Waals surface area contributed by atoms with Crippen molar-refractivity contribution in [2.24, 2.45) is 0 Å². The number of aromatic nitrogens is 2. The number of carbonyl (C=O) groups is 1. The van der Waals surface area contributed by atoms with Crippen molar-refractivity contribution >= 4 is 11.9 Å². The molecule has 3 aliphatic rings. The average molecular weight is 406 g/mol. The minimum Gasteiger partial charge on any atom is -0.350 e. The standard InChI is InChI=1S/C24H31N5O/c30-22(24(12-4-5-13-24)29-15-6-7-16-29)26-20-11-17-28(18-20)23-25-14-10-21(27-23)19-8-2-1-3-9-19/h1-3,8-10,14,20H,4-7,11-13,15-18H2,(H,26,30).